The molecule has 2 unspecified atom stereocenters. The second-order valence-electron chi connectivity index (χ2n) is 4.34. The predicted octanol–water partition coefficient (Wildman–Crippen LogP) is 4.04. The first-order chi connectivity index (χ1) is 8.16. The fraction of sp³-hybridized carbons (Fsp3) is 0.462. The van der Waals surface area contributed by atoms with Crippen LogP contribution in [-0.4, -0.2) is 16.5 Å². The normalized spacial score (nSPS) is 28.4. The van der Waals surface area contributed by atoms with Crippen LogP contribution in [-0.2, 0) is 0 Å². The summed E-state index contributed by atoms with van der Waals surface area (Å²) in [6, 6.07) is 10.5. The van der Waals surface area contributed by atoms with E-state index in [-0.39, 0.29) is 0 Å². The van der Waals surface area contributed by atoms with Gasteiger partial charge in [0.25, 0.3) is 0 Å². The van der Waals surface area contributed by atoms with E-state index in [1.54, 1.807) is 0 Å². The topological polar surface area (TPSA) is 35.8 Å². The van der Waals surface area contributed by atoms with Crippen molar-refractivity contribution in [2.45, 2.75) is 30.6 Å². The molecule has 1 fully saturated rings. The number of anilines is 1. The molecule has 1 saturated heterocycles. The molecule has 2 rings (SSSR count). The van der Waals surface area contributed by atoms with Crippen molar-refractivity contribution < 1.29 is 0 Å². The Morgan fingerprint density at radius 1 is 1.59 bits per heavy atom. The van der Waals surface area contributed by atoms with E-state index in [1.807, 2.05) is 36.0 Å². The van der Waals surface area contributed by atoms with E-state index >= 15 is 0 Å². The van der Waals surface area contributed by atoms with Gasteiger partial charge in [0, 0.05) is 15.4 Å². The van der Waals surface area contributed by atoms with Crippen LogP contribution in [0.1, 0.15) is 19.8 Å². The molecule has 0 spiro atoms. The minimum atomic E-state index is -0.427. The summed E-state index contributed by atoms with van der Waals surface area (Å²) < 4.78 is 1.03. The molecule has 2 atom stereocenters. The van der Waals surface area contributed by atoms with E-state index in [0.29, 0.717) is 5.25 Å². The summed E-state index contributed by atoms with van der Waals surface area (Å²) >= 11 is 5.33. The van der Waals surface area contributed by atoms with Gasteiger partial charge in [-0.05, 0) is 43.7 Å². The van der Waals surface area contributed by atoms with Crippen molar-refractivity contribution in [3.05, 3.63) is 28.7 Å². The lowest BCUT2D eigenvalue weighted by Crippen LogP contribution is -2.47. The fourth-order valence-electron chi connectivity index (χ4n) is 2.12. The number of hydrogen-bond donors (Lipinski definition) is 1. The van der Waals surface area contributed by atoms with Crippen molar-refractivity contribution in [1.82, 2.24) is 0 Å². The van der Waals surface area contributed by atoms with Crippen LogP contribution in [0.3, 0.4) is 0 Å². The molecular weight excluding hydrogens is 296 g/mol. The van der Waals surface area contributed by atoms with Crippen molar-refractivity contribution in [3.63, 3.8) is 0 Å². The highest BCUT2D eigenvalue weighted by molar-refractivity contribution is 9.10. The maximum Gasteiger partial charge on any atom is 0.137 e. The van der Waals surface area contributed by atoms with Gasteiger partial charge in [0.1, 0.15) is 5.54 Å². The molecule has 0 amide bonds. The molecule has 2 nitrogen and oxygen atoms in total. The molecule has 17 heavy (non-hydrogen) atoms. The van der Waals surface area contributed by atoms with Gasteiger partial charge in [0.05, 0.1) is 6.07 Å². The van der Waals surface area contributed by atoms with Crippen molar-refractivity contribution >= 4 is 33.4 Å². The van der Waals surface area contributed by atoms with Crippen molar-refractivity contribution in [2.75, 3.05) is 11.1 Å². The average Bonchev–Trinajstić information content (AvgIpc) is 2.32. The lowest BCUT2D eigenvalue weighted by Gasteiger charge is -2.37. The van der Waals surface area contributed by atoms with Crippen molar-refractivity contribution in [2.24, 2.45) is 0 Å². The van der Waals surface area contributed by atoms with Crippen molar-refractivity contribution in [3.8, 4) is 6.07 Å². The number of nitrogens with one attached hydrogen (secondary N) is 1. The molecule has 1 aliphatic rings. The standard InChI is InChI=1S/C13H15BrN2S/c1-10-13(9-15,6-3-7-17-10)16-12-5-2-4-11(14)8-12/h2,4-5,8,10,16H,3,6-7H2,1H3. The minimum absolute atomic E-state index is 0.320. The third-order valence-corrected chi connectivity index (χ3v) is 5.09. The quantitative estimate of drug-likeness (QED) is 0.895. The number of hydrogen-bond acceptors (Lipinski definition) is 3. The summed E-state index contributed by atoms with van der Waals surface area (Å²) in [5.74, 6) is 1.16. The highest BCUT2D eigenvalue weighted by Crippen LogP contribution is 2.36. The summed E-state index contributed by atoms with van der Waals surface area (Å²) in [7, 11) is 0. The number of nitriles is 1. The molecule has 1 aromatic rings. The molecule has 4 heteroatoms. The monoisotopic (exact) mass is 310 g/mol. The molecule has 1 N–H and O–H groups in total. The number of halogens is 1. The van der Waals surface area contributed by atoms with Gasteiger partial charge in [-0.15, -0.1) is 0 Å². The smallest absolute Gasteiger partial charge is 0.137 e. The predicted molar refractivity (Wildman–Crippen MR) is 77.3 cm³/mol. The molecule has 0 aliphatic carbocycles. The molecular formula is C13H15BrN2S. The van der Waals surface area contributed by atoms with E-state index in [4.69, 9.17) is 0 Å². The summed E-state index contributed by atoms with van der Waals surface area (Å²) in [4.78, 5) is 0. The Balaban J connectivity index is 2.22. The number of nitrogens with zero attached hydrogens (tertiary/aromatic N) is 1. The Bertz CT molecular complexity index is 443. The van der Waals surface area contributed by atoms with Crippen LogP contribution in [0.25, 0.3) is 0 Å². The lowest BCUT2D eigenvalue weighted by molar-refractivity contribution is 0.513. The molecule has 1 heterocycles. The number of rotatable bonds is 2. The first-order valence-electron chi connectivity index (χ1n) is 5.73. The Morgan fingerprint density at radius 3 is 3.06 bits per heavy atom. The number of benzene rings is 1. The van der Waals surface area contributed by atoms with E-state index in [9.17, 15) is 5.26 Å². The van der Waals surface area contributed by atoms with Crippen LogP contribution in [0.5, 0.6) is 0 Å². The summed E-state index contributed by atoms with van der Waals surface area (Å²) in [6.45, 7) is 2.14. The summed E-state index contributed by atoms with van der Waals surface area (Å²) in [5, 5.41) is 13.2. The molecule has 1 aliphatic heterocycles. The van der Waals surface area contributed by atoms with Crippen LogP contribution in [0.15, 0.2) is 28.7 Å². The Hall–Kier alpha value is -0.660. The Labute approximate surface area is 115 Å². The van der Waals surface area contributed by atoms with Crippen LogP contribution >= 0.6 is 27.7 Å². The SMILES string of the molecule is CC1SCCCC1(C#N)Nc1cccc(Br)c1. The molecule has 0 saturated carbocycles. The van der Waals surface area contributed by atoms with E-state index < -0.39 is 5.54 Å². The Morgan fingerprint density at radius 2 is 2.41 bits per heavy atom. The van der Waals surface area contributed by atoms with Crippen LogP contribution in [0.4, 0.5) is 5.69 Å². The Kier molecular flexibility index (Phi) is 4.01. The summed E-state index contributed by atoms with van der Waals surface area (Å²) in [5.41, 5.74) is 0.583. The second-order valence-corrected chi connectivity index (χ2v) is 6.70. The van der Waals surface area contributed by atoms with Gasteiger partial charge in [0.15, 0.2) is 0 Å². The van der Waals surface area contributed by atoms with Gasteiger partial charge in [-0.25, -0.2) is 0 Å². The zero-order valence-corrected chi connectivity index (χ0v) is 12.1. The molecule has 90 valence electrons. The van der Waals surface area contributed by atoms with Gasteiger partial charge in [-0.1, -0.05) is 22.0 Å². The van der Waals surface area contributed by atoms with Gasteiger partial charge in [-0.2, -0.15) is 17.0 Å². The van der Waals surface area contributed by atoms with Crippen LogP contribution in [0, 0.1) is 11.3 Å². The molecule has 0 radical (unpaired) electrons. The fourth-order valence-corrected chi connectivity index (χ4v) is 3.70. The van der Waals surface area contributed by atoms with Gasteiger partial charge in [-0.3, -0.25) is 0 Å². The molecule has 0 bridgehead atoms. The van der Waals surface area contributed by atoms with E-state index in [1.165, 1.54) is 0 Å². The first-order valence-corrected chi connectivity index (χ1v) is 7.57. The lowest BCUT2D eigenvalue weighted by atomic mass is 9.91. The number of thioether (sulfide) groups is 1. The third-order valence-electron chi connectivity index (χ3n) is 3.17. The second kappa shape index (κ2) is 5.32. The van der Waals surface area contributed by atoms with E-state index in [0.717, 1.165) is 28.8 Å². The molecule has 1 aromatic carbocycles. The molecule has 0 aromatic heterocycles. The minimum Gasteiger partial charge on any atom is -0.366 e. The highest BCUT2D eigenvalue weighted by Gasteiger charge is 2.39. The zero-order chi connectivity index (χ0) is 12.3. The van der Waals surface area contributed by atoms with Crippen LogP contribution in [0.2, 0.25) is 0 Å². The van der Waals surface area contributed by atoms with Crippen molar-refractivity contribution in [1.29, 1.82) is 5.26 Å². The zero-order valence-electron chi connectivity index (χ0n) is 9.74. The third kappa shape index (κ3) is 2.78. The largest absolute Gasteiger partial charge is 0.366 e. The van der Waals surface area contributed by atoms with Gasteiger partial charge in [0.2, 0.25) is 0 Å². The first kappa shape index (κ1) is 12.8. The van der Waals surface area contributed by atoms with Crippen LogP contribution < -0.4 is 5.32 Å². The maximum atomic E-state index is 9.51. The van der Waals surface area contributed by atoms with E-state index in [2.05, 4.69) is 34.2 Å². The van der Waals surface area contributed by atoms with Gasteiger partial charge >= 0.3 is 0 Å². The van der Waals surface area contributed by atoms with Gasteiger partial charge < -0.3 is 5.32 Å². The maximum absolute atomic E-state index is 9.51. The summed E-state index contributed by atoms with van der Waals surface area (Å²) in [6.07, 6.45) is 2.02. The average molecular weight is 311 g/mol. The highest BCUT2D eigenvalue weighted by atomic mass is 79.9.